The maximum absolute atomic E-state index is 13.5. The number of carbonyl (C=O) groups excluding carboxylic acids is 1. The number of aromatic nitrogens is 1. The Balaban J connectivity index is 1.85. The van der Waals surface area contributed by atoms with Crippen molar-refractivity contribution in [2.45, 2.75) is 4.90 Å². The average Bonchev–Trinajstić information content (AvgIpc) is 3.18. The Morgan fingerprint density at radius 3 is 2.03 bits per heavy atom. The molecule has 4 rings (SSSR count). The standard InChI is InChI=1S/C23H14Cl2FNO3S2/c1-32(29,30)19-8-4-13(5-9-19)20-22(14-2-6-18(26)7-3-14)31-23(27-20)21(28)15-10-16(24)12-17(25)11-15/h2-12H,1H3. The average molecular weight is 506 g/mol. The van der Waals surface area contributed by atoms with E-state index in [1.165, 1.54) is 42.5 Å². The van der Waals surface area contributed by atoms with Crippen LogP contribution >= 0.6 is 34.5 Å². The lowest BCUT2D eigenvalue weighted by Gasteiger charge is -2.04. The molecule has 0 unspecified atom stereocenters. The first-order valence-electron chi connectivity index (χ1n) is 9.20. The van der Waals surface area contributed by atoms with E-state index in [0.29, 0.717) is 37.3 Å². The molecule has 4 nitrogen and oxygen atoms in total. The van der Waals surface area contributed by atoms with Gasteiger partial charge in [-0.3, -0.25) is 4.79 Å². The van der Waals surface area contributed by atoms with Crippen LogP contribution in [0.15, 0.2) is 71.6 Å². The number of hydrogen-bond acceptors (Lipinski definition) is 5. The molecule has 0 bridgehead atoms. The fourth-order valence-corrected chi connectivity index (χ4v) is 5.29. The van der Waals surface area contributed by atoms with Crippen LogP contribution in [-0.2, 0) is 9.84 Å². The molecule has 0 radical (unpaired) electrons. The van der Waals surface area contributed by atoms with Crippen molar-refractivity contribution in [1.82, 2.24) is 4.98 Å². The van der Waals surface area contributed by atoms with Gasteiger partial charge in [0.15, 0.2) is 14.8 Å². The minimum absolute atomic E-state index is 0.171. The highest BCUT2D eigenvalue weighted by Gasteiger charge is 2.21. The quantitative estimate of drug-likeness (QED) is 0.288. The van der Waals surface area contributed by atoms with Gasteiger partial charge in [0.25, 0.3) is 0 Å². The molecule has 1 aromatic heterocycles. The van der Waals surface area contributed by atoms with E-state index in [1.54, 1.807) is 24.3 Å². The number of halogens is 3. The number of carbonyl (C=O) groups is 1. The first-order chi connectivity index (χ1) is 15.1. The van der Waals surface area contributed by atoms with Crippen molar-refractivity contribution in [2.75, 3.05) is 6.26 Å². The lowest BCUT2D eigenvalue weighted by molar-refractivity contribution is 0.103. The topological polar surface area (TPSA) is 64.1 Å². The van der Waals surface area contributed by atoms with E-state index < -0.39 is 9.84 Å². The summed E-state index contributed by atoms with van der Waals surface area (Å²) in [5, 5.41) is 0.852. The van der Waals surface area contributed by atoms with E-state index in [1.807, 2.05) is 0 Å². The Labute approximate surface area is 198 Å². The molecule has 0 aliphatic carbocycles. The van der Waals surface area contributed by atoms with Crippen molar-refractivity contribution in [1.29, 1.82) is 0 Å². The highest BCUT2D eigenvalue weighted by molar-refractivity contribution is 7.90. The number of hydrogen-bond donors (Lipinski definition) is 0. The Morgan fingerprint density at radius 1 is 0.906 bits per heavy atom. The fraction of sp³-hybridized carbons (Fsp3) is 0.0435. The van der Waals surface area contributed by atoms with E-state index >= 15 is 0 Å². The second-order valence-electron chi connectivity index (χ2n) is 6.99. The van der Waals surface area contributed by atoms with Crippen LogP contribution in [0.3, 0.4) is 0 Å². The molecule has 0 aliphatic heterocycles. The van der Waals surface area contributed by atoms with Crippen LogP contribution in [0.5, 0.6) is 0 Å². The third-order valence-electron chi connectivity index (χ3n) is 4.61. The number of thiazole rings is 1. The van der Waals surface area contributed by atoms with E-state index in [2.05, 4.69) is 4.98 Å². The number of sulfone groups is 1. The second kappa shape index (κ2) is 8.75. The summed E-state index contributed by atoms with van der Waals surface area (Å²) >= 11 is 13.2. The maximum atomic E-state index is 13.5. The third kappa shape index (κ3) is 4.76. The molecular formula is C23H14Cl2FNO3S2. The summed E-state index contributed by atoms with van der Waals surface area (Å²) < 4.78 is 37.0. The molecule has 162 valence electrons. The maximum Gasteiger partial charge on any atom is 0.221 e. The Bertz CT molecular complexity index is 1410. The molecular weight excluding hydrogens is 492 g/mol. The second-order valence-corrected chi connectivity index (χ2v) is 10.9. The molecule has 3 aromatic carbocycles. The summed E-state index contributed by atoms with van der Waals surface area (Å²) in [6.45, 7) is 0. The lowest BCUT2D eigenvalue weighted by atomic mass is 10.1. The fourth-order valence-electron chi connectivity index (χ4n) is 3.08. The molecule has 32 heavy (non-hydrogen) atoms. The molecule has 0 aliphatic rings. The van der Waals surface area contributed by atoms with Crippen molar-refractivity contribution < 1.29 is 17.6 Å². The van der Waals surface area contributed by atoms with Crippen LogP contribution in [0.1, 0.15) is 15.4 Å². The van der Waals surface area contributed by atoms with Gasteiger partial charge in [-0.15, -0.1) is 11.3 Å². The molecule has 1 heterocycles. The van der Waals surface area contributed by atoms with Gasteiger partial charge in [0.1, 0.15) is 5.82 Å². The predicted molar refractivity (Wildman–Crippen MR) is 126 cm³/mol. The highest BCUT2D eigenvalue weighted by atomic mass is 35.5. The van der Waals surface area contributed by atoms with Crippen LogP contribution < -0.4 is 0 Å². The van der Waals surface area contributed by atoms with Crippen molar-refractivity contribution in [3.05, 3.63) is 93.2 Å². The molecule has 9 heteroatoms. The summed E-state index contributed by atoms with van der Waals surface area (Å²) in [6, 6.07) is 16.6. The van der Waals surface area contributed by atoms with Crippen molar-refractivity contribution in [3.63, 3.8) is 0 Å². The van der Waals surface area contributed by atoms with Crippen LogP contribution in [-0.4, -0.2) is 25.4 Å². The molecule has 0 amide bonds. The molecule has 4 aromatic rings. The number of ketones is 1. The zero-order valence-corrected chi connectivity index (χ0v) is 19.6. The van der Waals surface area contributed by atoms with Crippen LogP contribution in [0.25, 0.3) is 21.7 Å². The van der Waals surface area contributed by atoms with Gasteiger partial charge in [-0.05, 0) is 48.0 Å². The summed E-state index contributed by atoms with van der Waals surface area (Å²) in [4.78, 5) is 18.5. The van der Waals surface area contributed by atoms with Crippen molar-refractivity contribution >= 4 is 50.2 Å². The lowest BCUT2D eigenvalue weighted by Crippen LogP contribution is -2.01. The molecule has 0 atom stereocenters. The van der Waals surface area contributed by atoms with E-state index in [0.717, 1.165) is 17.6 Å². The van der Waals surface area contributed by atoms with Crippen LogP contribution in [0.2, 0.25) is 10.0 Å². The van der Waals surface area contributed by atoms with Gasteiger partial charge in [-0.1, -0.05) is 47.5 Å². The minimum atomic E-state index is -3.36. The molecule has 0 fully saturated rings. The van der Waals surface area contributed by atoms with Gasteiger partial charge in [0, 0.05) is 27.4 Å². The molecule has 0 spiro atoms. The van der Waals surface area contributed by atoms with Crippen LogP contribution in [0.4, 0.5) is 4.39 Å². The summed E-state index contributed by atoms with van der Waals surface area (Å²) in [6.07, 6.45) is 1.13. The van der Waals surface area contributed by atoms with Crippen LogP contribution in [0, 0.1) is 5.82 Å². The Morgan fingerprint density at radius 2 is 1.47 bits per heavy atom. The summed E-state index contributed by atoms with van der Waals surface area (Å²) in [5.41, 5.74) is 2.07. The summed E-state index contributed by atoms with van der Waals surface area (Å²) in [5.74, 6) is -0.746. The number of nitrogens with zero attached hydrogens (tertiary/aromatic N) is 1. The van der Waals surface area contributed by atoms with Gasteiger partial charge < -0.3 is 0 Å². The zero-order valence-electron chi connectivity index (χ0n) is 16.5. The molecule has 0 saturated heterocycles. The SMILES string of the molecule is CS(=O)(=O)c1ccc(-c2nc(C(=O)c3cc(Cl)cc(Cl)c3)sc2-c2ccc(F)cc2)cc1. The monoisotopic (exact) mass is 505 g/mol. The predicted octanol–water partition coefficient (Wildman–Crippen LogP) is 6.56. The Kier molecular flexibility index (Phi) is 6.18. The van der Waals surface area contributed by atoms with Crippen molar-refractivity contribution in [3.8, 4) is 21.7 Å². The minimum Gasteiger partial charge on any atom is -0.286 e. The normalized spacial score (nSPS) is 11.5. The molecule has 0 N–H and O–H groups in total. The summed E-state index contributed by atoms with van der Waals surface area (Å²) in [7, 11) is -3.36. The van der Waals surface area contributed by atoms with Gasteiger partial charge in [0.05, 0.1) is 15.5 Å². The van der Waals surface area contributed by atoms with Gasteiger partial charge >= 0.3 is 0 Å². The van der Waals surface area contributed by atoms with E-state index in [4.69, 9.17) is 23.2 Å². The third-order valence-corrected chi connectivity index (χ3v) is 7.28. The highest BCUT2D eigenvalue weighted by Crippen LogP contribution is 2.38. The van der Waals surface area contributed by atoms with Gasteiger partial charge in [-0.2, -0.15) is 0 Å². The first-order valence-corrected chi connectivity index (χ1v) is 12.7. The molecule has 0 saturated carbocycles. The largest absolute Gasteiger partial charge is 0.286 e. The number of benzene rings is 3. The van der Waals surface area contributed by atoms with E-state index in [9.17, 15) is 17.6 Å². The zero-order chi connectivity index (χ0) is 23.0. The Hall–Kier alpha value is -2.58. The van der Waals surface area contributed by atoms with Gasteiger partial charge in [-0.25, -0.2) is 17.8 Å². The van der Waals surface area contributed by atoms with Gasteiger partial charge in [0.2, 0.25) is 5.78 Å². The first kappa shape index (κ1) is 22.6. The van der Waals surface area contributed by atoms with E-state index in [-0.39, 0.29) is 21.5 Å². The smallest absolute Gasteiger partial charge is 0.221 e. The van der Waals surface area contributed by atoms with Crippen molar-refractivity contribution in [2.24, 2.45) is 0 Å². The number of rotatable bonds is 5.